The van der Waals surface area contributed by atoms with Crippen molar-refractivity contribution in [3.63, 3.8) is 0 Å². The monoisotopic (exact) mass is 359 g/mol. The second kappa shape index (κ2) is 6.40. The van der Waals surface area contributed by atoms with Crippen LogP contribution in [0.3, 0.4) is 0 Å². The van der Waals surface area contributed by atoms with Crippen LogP contribution in [0, 0.1) is 6.92 Å². The van der Waals surface area contributed by atoms with Gasteiger partial charge in [0.15, 0.2) is 5.69 Å². The summed E-state index contributed by atoms with van der Waals surface area (Å²) in [5.74, 6) is 0.198. The van der Waals surface area contributed by atoms with Crippen LogP contribution in [-0.4, -0.2) is 38.6 Å². The van der Waals surface area contributed by atoms with Crippen molar-refractivity contribution in [2.45, 2.75) is 26.4 Å². The van der Waals surface area contributed by atoms with Crippen LogP contribution >= 0.6 is 11.6 Å². The lowest BCUT2D eigenvalue weighted by atomic mass is 10.2. The molecule has 25 heavy (non-hydrogen) atoms. The number of benzene rings is 1. The molecule has 0 bridgehead atoms. The predicted molar refractivity (Wildman–Crippen MR) is 94.2 cm³/mol. The van der Waals surface area contributed by atoms with Crippen molar-refractivity contribution in [2.24, 2.45) is 0 Å². The van der Waals surface area contributed by atoms with Crippen LogP contribution in [0.1, 0.15) is 22.6 Å². The van der Waals surface area contributed by atoms with E-state index in [9.17, 15) is 4.79 Å². The molecule has 1 amide bonds. The van der Waals surface area contributed by atoms with E-state index < -0.39 is 0 Å². The number of carbonyl (C=O) groups excluding carboxylic acids is 1. The Kier molecular flexibility index (Phi) is 4.09. The zero-order valence-electron chi connectivity index (χ0n) is 13.8. The number of aromatic nitrogens is 4. The molecule has 1 N–H and O–H groups in total. The molecule has 2 aromatic heterocycles. The van der Waals surface area contributed by atoms with E-state index in [1.54, 1.807) is 4.68 Å². The topological polar surface area (TPSA) is 74.0 Å². The van der Waals surface area contributed by atoms with Crippen LogP contribution < -0.4 is 10.1 Å². The zero-order valence-corrected chi connectivity index (χ0v) is 14.6. The minimum Gasteiger partial charge on any atom is -0.475 e. The molecule has 0 radical (unpaired) electrons. The molecule has 0 unspecified atom stereocenters. The van der Waals surface area contributed by atoms with Crippen molar-refractivity contribution in [3.8, 4) is 5.88 Å². The fourth-order valence-electron chi connectivity index (χ4n) is 3.03. The van der Waals surface area contributed by atoms with Crippen LogP contribution in [0.5, 0.6) is 5.88 Å². The van der Waals surface area contributed by atoms with Crippen LogP contribution in [0.15, 0.2) is 24.3 Å². The molecule has 4 rings (SSSR count). The highest BCUT2D eigenvalue weighted by molar-refractivity contribution is 6.34. The average Bonchev–Trinajstić information content (AvgIpc) is 3.28. The SMILES string of the molecule is Cc1c2ccccc2nn1CCCNC(=O)c1nn2c(c1Cl)OCC2. The molecule has 0 saturated carbocycles. The van der Waals surface area contributed by atoms with Crippen LogP contribution in [-0.2, 0) is 13.1 Å². The molecule has 0 spiro atoms. The molecule has 0 saturated heterocycles. The van der Waals surface area contributed by atoms with Gasteiger partial charge in [0, 0.05) is 24.2 Å². The van der Waals surface area contributed by atoms with Gasteiger partial charge in [-0.25, -0.2) is 4.68 Å². The van der Waals surface area contributed by atoms with Crippen molar-refractivity contribution in [3.05, 3.63) is 40.7 Å². The molecule has 1 aromatic carbocycles. The number of hydrogen-bond donors (Lipinski definition) is 1. The van der Waals surface area contributed by atoms with Crippen molar-refractivity contribution >= 4 is 28.4 Å². The molecule has 7 nitrogen and oxygen atoms in total. The maximum Gasteiger partial charge on any atom is 0.273 e. The Morgan fingerprint density at radius 2 is 2.20 bits per heavy atom. The van der Waals surface area contributed by atoms with E-state index in [-0.39, 0.29) is 16.6 Å². The number of aryl methyl sites for hydroxylation is 2. The molecule has 8 heteroatoms. The maximum atomic E-state index is 12.2. The van der Waals surface area contributed by atoms with Gasteiger partial charge in [0.25, 0.3) is 5.91 Å². The lowest BCUT2D eigenvalue weighted by Crippen LogP contribution is -2.26. The summed E-state index contributed by atoms with van der Waals surface area (Å²) in [7, 11) is 0. The largest absolute Gasteiger partial charge is 0.475 e. The first kappa shape index (κ1) is 16.0. The molecule has 130 valence electrons. The highest BCUT2D eigenvalue weighted by Gasteiger charge is 2.25. The summed E-state index contributed by atoms with van der Waals surface area (Å²) in [6.45, 7) is 4.47. The summed E-state index contributed by atoms with van der Waals surface area (Å²) < 4.78 is 8.96. The van der Waals surface area contributed by atoms with Gasteiger partial charge in [-0.3, -0.25) is 9.48 Å². The van der Waals surface area contributed by atoms with Gasteiger partial charge in [-0.1, -0.05) is 29.8 Å². The molecule has 0 atom stereocenters. The van der Waals surface area contributed by atoms with Gasteiger partial charge in [0.05, 0.1) is 12.1 Å². The van der Waals surface area contributed by atoms with Crippen molar-refractivity contribution in [1.29, 1.82) is 0 Å². The van der Waals surface area contributed by atoms with E-state index in [0.717, 1.165) is 29.6 Å². The summed E-state index contributed by atoms with van der Waals surface area (Å²) in [6.07, 6.45) is 0.766. The quantitative estimate of drug-likeness (QED) is 0.710. The molecule has 0 fully saturated rings. The first-order valence-corrected chi connectivity index (χ1v) is 8.62. The minimum absolute atomic E-state index is 0.220. The second-order valence-corrected chi connectivity index (χ2v) is 6.35. The lowest BCUT2D eigenvalue weighted by molar-refractivity contribution is 0.0946. The number of hydrogen-bond acceptors (Lipinski definition) is 4. The first-order chi connectivity index (χ1) is 12.1. The number of rotatable bonds is 5. The summed E-state index contributed by atoms with van der Waals surface area (Å²) in [6, 6.07) is 8.06. The molecule has 1 aliphatic heterocycles. The number of ether oxygens (including phenoxy) is 1. The van der Waals surface area contributed by atoms with Crippen molar-refractivity contribution in [2.75, 3.05) is 13.2 Å². The van der Waals surface area contributed by atoms with Crippen LogP contribution in [0.2, 0.25) is 5.02 Å². The molecule has 0 aliphatic carbocycles. The van der Waals surface area contributed by atoms with E-state index in [1.807, 2.05) is 22.9 Å². The Balaban J connectivity index is 1.35. The van der Waals surface area contributed by atoms with Gasteiger partial charge in [-0.15, -0.1) is 0 Å². The number of halogens is 1. The highest BCUT2D eigenvalue weighted by atomic mass is 35.5. The molecular weight excluding hydrogens is 342 g/mol. The van der Waals surface area contributed by atoms with E-state index in [4.69, 9.17) is 16.3 Å². The number of fused-ring (bicyclic) bond motifs is 2. The van der Waals surface area contributed by atoms with Crippen LogP contribution in [0.25, 0.3) is 10.9 Å². The van der Waals surface area contributed by atoms with Gasteiger partial charge >= 0.3 is 0 Å². The fraction of sp³-hybridized carbons (Fsp3) is 0.353. The standard InChI is InChI=1S/C17H18ClN5O2/c1-11-12-5-2-3-6-13(12)20-22(11)8-4-7-19-16(24)15-14(18)17-23(21-15)9-10-25-17/h2-3,5-6H,4,7-10H2,1H3,(H,19,24). The van der Waals surface area contributed by atoms with E-state index >= 15 is 0 Å². The Labute approximate surface area is 149 Å². The third-order valence-corrected chi connectivity index (χ3v) is 4.69. The Hall–Kier alpha value is -2.54. The van der Waals surface area contributed by atoms with Gasteiger partial charge < -0.3 is 10.1 Å². The van der Waals surface area contributed by atoms with E-state index in [2.05, 4.69) is 28.5 Å². The molecule has 3 heterocycles. The Bertz CT molecular complexity index is 946. The zero-order chi connectivity index (χ0) is 17.4. The van der Waals surface area contributed by atoms with Gasteiger partial charge in [0.1, 0.15) is 11.6 Å². The third kappa shape index (κ3) is 2.84. The van der Waals surface area contributed by atoms with E-state index in [0.29, 0.717) is 25.6 Å². The van der Waals surface area contributed by atoms with E-state index in [1.165, 1.54) is 0 Å². The number of nitrogens with zero attached hydrogens (tertiary/aromatic N) is 4. The summed E-state index contributed by atoms with van der Waals surface area (Å²) in [4.78, 5) is 12.2. The molecular formula is C17H18ClN5O2. The maximum absolute atomic E-state index is 12.2. The van der Waals surface area contributed by atoms with Gasteiger partial charge in [-0.05, 0) is 19.4 Å². The van der Waals surface area contributed by atoms with Gasteiger partial charge in [0.2, 0.25) is 5.88 Å². The number of amides is 1. The second-order valence-electron chi connectivity index (χ2n) is 5.97. The fourth-order valence-corrected chi connectivity index (χ4v) is 3.31. The Morgan fingerprint density at radius 3 is 3.00 bits per heavy atom. The van der Waals surface area contributed by atoms with Gasteiger partial charge in [-0.2, -0.15) is 10.2 Å². The Morgan fingerprint density at radius 1 is 1.36 bits per heavy atom. The summed E-state index contributed by atoms with van der Waals surface area (Å²) >= 11 is 6.16. The predicted octanol–water partition coefficient (Wildman–Crippen LogP) is 2.41. The first-order valence-electron chi connectivity index (χ1n) is 8.24. The van der Waals surface area contributed by atoms with Crippen molar-refractivity contribution in [1.82, 2.24) is 24.9 Å². The molecule has 1 aliphatic rings. The third-order valence-electron chi connectivity index (χ3n) is 4.35. The molecule has 3 aromatic rings. The number of nitrogens with one attached hydrogen (secondary N) is 1. The highest BCUT2D eigenvalue weighted by Crippen LogP contribution is 2.31. The average molecular weight is 360 g/mol. The van der Waals surface area contributed by atoms with Crippen LogP contribution in [0.4, 0.5) is 0 Å². The number of carbonyl (C=O) groups is 1. The summed E-state index contributed by atoms with van der Waals surface area (Å²) in [5, 5.41) is 13.1. The van der Waals surface area contributed by atoms with Crippen molar-refractivity contribution < 1.29 is 9.53 Å². The minimum atomic E-state index is -0.280. The summed E-state index contributed by atoms with van der Waals surface area (Å²) in [5.41, 5.74) is 2.34. The smallest absolute Gasteiger partial charge is 0.273 e. The normalized spacial score (nSPS) is 13.0. The lowest BCUT2D eigenvalue weighted by Gasteiger charge is -2.06.